The van der Waals surface area contributed by atoms with Gasteiger partial charge >= 0.3 is 0 Å². The number of aromatic hydroxyl groups is 1. The van der Waals surface area contributed by atoms with Gasteiger partial charge in [-0.2, -0.15) is 0 Å². The minimum atomic E-state index is -0.706. The molecular formula is C8H9BrFNO2. The molecule has 3 nitrogen and oxygen atoms in total. The third-order valence-electron chi connectivity index (χ3n) is 1.67. The van der Waals surface area contributed by atoms with Crippen molar-refractivity contribution in [2.24, 2.45) is 5.90 Å². The van der Waals surface area contributed by atoms with Crippen LogP contribution in [-0.4, -0.2) is 5.11 Å². The zero-order valence-corrected chi connectivity index (χ0v) is 8.56. The minimum absolute atomic E-state index is 0.0620. The molecule has 0 aliphatic carbocycles. The first-order valence-electron chi connectivity index (χ1n) is 3.56. The zero-order chi connectivity index (χ0) is 10.0. The molecule has 0 saturated heterocycles. The maximum Gasteiger partial charge on any atom is 0.171 e. The molecule has 0 bridgehead atoms. The number of benzene rings is 1. The number of nitrogens with two attached hydrogens (primary N) is 1. The van der Waals surface area contributed by atoms with Gasteiger partial charge in [-0.25, -0.2) is 10.3 Å². The Morgan fingerprint density at radius 1 is 1.69 bits per heavy atom. The molecule has 0 amide bonds. The van der Waals surface area contributed by atoms with Crippen molar-refractivity contribution in [1.82, 2.24) is 0 Å². The Hall–Kier alpha value is -0.650. The van der Waals surface area contributed by atoms with Crippen molar-refractivity contribution < 1.29 is 14.3 Å². The summed E-state index contributed by atoms with van der Waals surface area (Å²) in [5.74, 6) is 3.69. The molecule has 72 valence electrons. The van der Waals surface area contributed by atoms with Crippen molar-refractivity contribution in [2.75, 3.05) is 0 Å². The summed E-state index contributed by atoms with van der Waals surface area (Å²) in [6, 6.07) is 1.56. The summed E-state index contributed by atoms with van der Waals surface area (Å²) in [5.41, 5.74) is 0.964. The van der Waals surface area contributed by atoms with Gasteiger partial charge in [-0.15, -0.1) is 0 Å². The van der Waals surface area contributed by atoms with Gasteiger partial charge in [-0.05, 0) is 34.5 Å². The Balaban J connectivity index is 3.24. The van der Waals surface area contributed by atoms with Crippen molar-refractivity contribution in [1.29, 1.82) is 0 Å². The number of halogens is 2. The predicted octanol–water partition coefficient (Wildman–Crippen LogP) is 1.99. The molecule has 0 radical (unpaired) electrons. The maximum absolute atomic E-state index is 13.2. The van der Waals surface area contributed by atoms with Gasteiger partial charge in [0.25, 0.3) is 0 Å². The lowest BCUT2D eigenvalue weighted by Crippen LogP contribution is -2.02. The summed E-state index contributed by atoms with van der Waals surface area (Å²) in [7, 11) is 0. The maximum atomic E-state index is 13.2. The van der Waals surface area contributed by atoms with Crippen LogP contribution in [0.3, 0.4) is 0 Å². The van der Waals surface area contributed by atoms with Gasteiger partial charge in [-0.1, -0.05) is 0 Å². The highest BCUT2D eigenvalue weighted by Gasteiger charge is 2.13. The average Bonchev–Trinajstić information content (AvgIpc) is 2.11. The molecule has 0 atom stereocenters. The Kier molecular flexibility index (Phi) is 3.24. The summed E-state index contributed by atoms with van der Waals surface area (Å²) >= 11 is 3.05. The van der Waals surface area contributed by atoms with E-state index in [0.29, 0.717) is 4.47 Å². The zero-order valence-electron chi connectivity index (χ0n) is 6.97. The quantitative estimate of drug-likeness (QED) is 0.789. The van der Waals surface area contributed by atoms with Crippen molar-refractivity contribution in [3.63, 3.8) is 0 Å². The number of hydrogen-bond acceptors (Lipinski definition) is 3. The minimum Gasteiger partial charge on any atom is -0.504 e. The molecule has 0 aliphatic heterocycles. The van der Waals surface area contributed by atoms with E-state index in [-0.39, 0.29) is 12.2 Å². The molecule has 0 spiro atoms. The third kappa shape index (κ3) is 1.99. The van der Waals surface area contributed by atoms with Gasteiger partial charge in [-0.3, -0.25) is 4.84 Å². The highest BCUT2D eigenvalue weighted by molar-refractivity contribution is 9.10. The molecule has 1 aromatic carbocycles. The number of phenolic OH excluding ortho intramolecular Hbond substituents is 1. The first kappa shape index (κ1) is 10.4. The summed E-state index contributed by atoms with van der Waals surface area (Å²) in [5, 5.41) is 9.28. The Bertz CT molecular complexity index is 330. The van der Waals surface area contributed by atoms with E-state index in [0.717, 1.165) is 5.56 Å². The van der Waals surface area contributed by atoms with E-state index < -0.39 is 11.6 Å². The Morgan fingerprint density at radius 3 is 2.85 bits per heavy atom. The van der Waals surface area contributed by atoms with E-state index in [1.165, 1.54) is 0 Å². The fourth-order valence-electron chi connectivity index (χ4n) is 1.02. The van der Waals surface area contributed by atoms with E-state index in [2.05, 4.69) is 20.8 Å². The predicted molar refractivity (Wildman–Crippen MR) is 49.5 cm³/mol. The topological polar surface area (TPSA) is 55.5 Å². The van der Waals surface area contributed by atoms with Crippen LogP contribution in [0.2, 0.25) is 0 Å². The van der Waals surface area contributed by atoms with Gasteiger partial charge in [0.05, 0.1) is 11.1 Å². The summed E-state index contributed by atoms with van der Waals surface area (Å²) in [6.45, 7) is 1.68. The lowest BCUT2D eigenvalue weighted by Gasteiger charge is -2.07. The van der Waals surface area contributed by atoms with Crippen LogP contribution in [0.15, 0.2) is 10.5 Å². The lowest BCUT2D eigenvalue weighted by molar-refractivity contribution is 0.121. The van der Waals surface area contributed by atoms with Crippen LogP contribution in [-0.2, 0) is 11.4 Å². The van der Waals surface area contributed by atoms with Crippen molar-refractivity contribution >= 4 is 15.9 Å². The molecule has 13 heavy (non-hydrogen) atoms. The number of phenols is 1. The monoisotopic (exact) mass is 249 g/mol. The second-order valence-corrected chi connectivity index (χ2v) is 3.43. The van der Waals surface area contributed by atoms with Gasteiger partial charge < -0.3 is 5.11 Å². The lowest BCUT2D eigenvalue weighted by atomic mass is 10.1. The summed E-state index contributed by atoms with van der Waals surface area (Å²) in [4.78, 5) is 4.29. The molecule has 3 N–H and O–H groups in total. The normalized spacial score (nSPS) is 10.5. The van der Waals surface area contributed by atoms with E-state index in [1.54, 1.807) is 13.0 Å². The van der Waals surface area contributed by atoms with Crippen LogP contribution in [0.5, 0.6) is 5.75 Å². The van der Waals surface area contributed by atoms with Crippen LogP contribution < -0.4 is 5.90 Å². The van der Waals surface area contributed by atoms with E-state index in [9.17, 15) is 9.50 Å². The highest BCUT2D eigenvalue weighted by Crippen LogP contribution is 2.32. The highest BCUT2D eigenvalue weighted by atomic mass is 79.9. The molecule has 0 fully saturated rings. The molecule has 1 rings (SSSR count). The van der Waals surface area contributed by atoms with Crippen molar-refractivity contribution in [3.8, 4) is 5.75 Å². The van der Waals surface area contributed by atoms with Crippen LogP contribution in [0.4, 0.5) is 4.39 Å². The van der Waals surface area contributed by atoms with Crippen molar-refractivity contribution in [3.05, 3.63) is 27.5 Å². The van der Waals surface area contributed by atoms with Crippen LogP contribution in [0.25, 0.3) is 0 Å². The number of hydrogen-bond donors (Lipinski definition) is 2. The second kappa shape index (κ2) is 4.04. The number of rotatable bonds is 2. The van der Waals surface area contributed by atoms with Gasteiger partial charge in [0, 0.05) is 5.56 Å². The molecular weight excluding hydrogens is 241 g/mol. The van der Waals surface area contributed by atoms with Crippen LogP contribution in [0, 0.1) is 12.7 Å². The first-order valence-corrected chi connectivity index (χ1v) is 4.35. The molecule has 1 aromatic rings. The standard InChI is InChI=1S/C8H9BrFNO2/c1-4-2-5(3-13-11)7(10)8(12)6(4)9/h2,12H,3,11H2,1H3. The van der Waals surface area contributed by atoms with Gasteiger partial charge in [0.1, 0.15) is 0 Å². The summed E-state index contributed by atoms with van der Waals surface area (Å²) < 4.78 is 13.6. The molecule has 0 unspecified atom stereocenters. The smallest absolute Gasteiger partial charge is 0.171 e. The fourth-order valence-corrected chi connectivity index (χ4v) is 1.31. The van der Waals surface area contributed by atoms with E-state index in [4.69, 9.17) is 5.90 Å². The first-order chi connectivity index (χ1) is 6.07. The molecule has 0 aliphatic rings. The van der Waals surface area contributed by atoms with E-state index in [1.807, 2.05) is 0 Å². The second-order valence-electron chi connectivity index (χ2n) is 2.64. The third-order valence-corrected chi connectivity index (χ3v) is 2.67. The molecule has 0 aromatic heterocycles. The Labute approximate surface area is 83.4 Å². The van der Waals surface area contributed by atoms with Crippen molar-refractivity contribution in [2.45, 2.75) is 13.5 Å². The van der Waals surface area contributed by atoms with E-state index >= 15 is 0 Å². The molecule has 5 heteroatoms. The summed E-state index contributed by atoms with van der Waals surface area (Å²) in [6.07, 6.45) is 0. The Morgan fingerprint density at radius 2 is 2.31 bits per heavy atom. The average molecular weight is 250 g/mol. The van der Waals surface area contributed by atoms with Gasteiger partial charge in [0.15, 0.2) is 11.6 Å². The van der Waals surface area contributed by atoms with Crippen LogP contribution in [0.1, 0.15) is 11.1 Å². The molecule has 0 heterocycles. The van der Waals surface area contributed by atoms with Crippen LogP contribution >= 0.6 is 15.9 Å². The number of aryl methyl sites for hydroxylation is 1. The molecule has 0 saturated carbocycles. The SMILES string of the molecule is Cc1cc(CON)c(F)c(O)c1Br. The largest absolute Gasteiger partial charge is 0.504 e. The van der Waals surface area contributed by atoms with Gasteiger partial charge in [0.2, 0.25) is 0 Å². The fraction of sp³-hybridized carbons (Fsp3) is 0.250.